The van der Waals surface area contributed by atoms with Gasteiger partial charge in [0.15, 0.2) is 0 Å². The minimum atomic E-state index is 0.00281. The van der Waals surface area contributed by atoms with E-state index in [1.165, 1.54) is 0 Å². The number of para-hydroxylation sites is 2. The van der Waals surface area contributed by atoms with Gasteiger partial charge in [0.1, 0.15) is 5.75 Å². The third kappa shape index (κ3) is 5.67. The fraction of sp³-hybridized carbons (Fsp3) is 0.267. The lowest BCUT2D eigenvalue weighted by molar-refractivity contribution is -0.122. The number of ether oxygens (including phenoxy) is 1. The molecule has 0 aliphatic carbocycles. The van der Waals surface area contributed by atoms with E-state index in [1.807, 2.05) is 90.0 Å². The lowest BCUT2D eigenvalue weighted by Crippen LogP contribution is -2.51. The van der Waals surface area contributed by atoms with Crippen LogP contribution in [0.3, 0.4) is 0 Å². The first-order chi connectivity index (χ1) is 18.1. The molecule has 7 heteroatoms. The van der Waals surface area contributed by atoms with Crippen molar-refractivity contribution in [1.29, 1.82) is 0 Å². The molecule has 1 saturated heterocycles. The number of nitrogens with zero attached hydrogens (tertiary/aromatic N) is 3. The van der Waals surface area contributed by atoms with E-state index in [4.69, 9.17) is 4.74 Å². The summed E-state index contributed by atoms with van der Waals surface area (Å²) in [6, 6.07) is 25.9. The molecule has 0 bridgehead atoms. The number of carbonyl (C=O) groups is 2. The Hall–Kier alpha value is -4.10. The van der Waals surface area contributed by atoms with Crippen molar-refractivity contribution in [2.75, 3.05) is 39.8 Å². The Labute approximate surface area is 217 Å². The molecule has 1 fully saturated rings. The average molecular weight is 497 g/mol. The van der Waals surface area contributed by atoms with Crippen molar-refractivity contribution in [3.63, 3.8) is 0 Å². The van der Waals surface area contributed by atoms with Gasteiger partial charge >= 0.3 is 0 Å². The van der Waals surface area contributed by atoms with Crippen LogP contribution < -0.4 is 10.1 Å². The van der Waals surface area contributed by atoms with Crippen LogP contribution in [0.4, 0.5) is 0 Å². The van der Waals surface area contributed by atoms with Gasteiger partial charge in [-0.1, -0.05) is 66.7 Å². The third-order valence-corrected chi connectivity index (χ3v) is 6.91. The van der Waals surface area contributed by atoms with Gasteiger partial charge in [-0.3, -0.25) is 14.5 Å². The zero-order chi connectivity index (χ0) is 25.6. The second-order valence-electron chi connectivity index (χ2n) is 9.33. The van der Waals surface area contributed by atoms with Crippen LogP contribution >= 0.6 is 0 Å². The van der Waals surface area contributed by atoms with Crippen LogP contribution in [0.2, 0.25) is 0 Å². The molecular formula is C30H32N4O3. The van der Waals surface area contributed by atoms with E-state index in [9.17, 15) is 9.59 Å². The molecule has 1 N–H and O–H groups in total. The van der Waals surface area contributed by atoms with Crippen molar-refractivity contribution < 1.29 is 14.3 Å². The zero-order valence-electron chi connectivity index (χ0n) is 21.1. The number of fused-ring (bicyclic) bond motifs is 1. The Morgan fingerprint density at radius 1 is 0.865 bits per heavy atom. The van der Waals surface area contributed by atoms with Crippen LogP contribution in [0.1, 0.15) is 21.5 Å². The first kappa shape index (κ1) is 24.6. The minimum Gasteiger partial charge on any atom is -0.496 e. The summed E-state index contributed by atoms with van der Waals surface area (Å²) in [4.78, 5) is 30.0. The molecular weight excluding hydrogens is 464 g/mol. The number of hydrogen-bond donors (Lipinski definition) is 1. The third-order valence-electron chi connectivity index (χ3n) is 6.91. The van der Waals surface area contributed by atoms with E-state index < -0.39 is 0 Å². The number of nitrogens with one attached hydrogen (secondary N) is 1. The largest absolute Gasteiger partial charge is 0.496 e. The standard InChI is InChI=1S/C30H32N4O3/c1-37-28-14-8-5-11-24(28)20-34-21-26(25-12-6-7-13-27(25)34)30(36)33-17-15-32(16-18-33)22-29(35)31-19-23-9-3-2-4-10-23/h2-14,21H,15-20,22H2,1H3,(H,31,35). The smallest absolute Gasteiger partial charge is 0.256 e. The fourth-order valence-electron chi connectivity index (χ4n) is 4.90. The molecule has 7 nitrogen and oxygen atoms in total. The summed E-state index contributed by atoms with van der Waals surface area (Å²) in [5.74, 6) is 0.864. The van der Waals surface area contributed by atoms with Crippen LogP contribution in [0.15, 0.2) is 85.1 Å². The summed E-state index contributed by atoms with van der Waals surface area (Å²) in [5.41, 5.74) is 3.87. The molecule has 0 unspecified atom stereocenters. The number of aromatic nitrogens is 1. The second kappa shape index (κ2) is 11.3. The van der Waals surface area contributed by atoms with Crippen molar-refractivity contribution in [3.8, 4) is 5.75 Å². The topological polar surface area (TPSA) is 66.8 Å². The minimum absolute atomic E-state index is 0.00281. The van der Waals surface area contributed by atoms with Crippen LogP contribution in [0.25, 0.3) is 10.9 Å². The van der Waals surface area contributed by atoms with Crippen molar-refractivity contribution in [3.05, 3.63) is 102 Å². The Morgan fingerprint density at radius 2 is 1.57 bits per heavy atom. The number of amides is 2. The molecule has 5 rings (SSSR count). The van der Waals surface area contributed by atoms with Crippen molar-refractivity contribution in [1.82, 2.24) is 19.7 Å². The van der Waals surface area contributed by atoms with E-state index in [2.05, 4.69) is 14.8 Å². The highest BCUT2D eigenvalue weighted by Gasteiger charge is 2.26. The highest BCUT2D eigenvalue weighted by Crippen LogP contribution is 2.26. The first-order valence-electron chi connectivity index (χ1n) is 12.6. The normalized spacial score (nSPS) is 14.0. The lowest BCUT2D eigenvalue weighted by Gasteiger charge is -2.34. The highest BCUT2D eigenvalue weighted by atomic mass is 16.5. The van der Waals surface area contributed by atoms with E-state index >= 15 is 0 Å². The molecule has 0 atom stereocenters. The molecule has 0 saturated carbocycles. The maximum Gasteiger partial charge on any atom is 0.256 e. The number of hydrogen-bond acceptors (Lipinski definition) is 4. The first-order valence-corrected chi connectivity index (χ1v) is 12.6. The van der Waals surface area contributed by atoms with Crippen LogP contribution in [0, 0.1) is 0 Å². The lowest BCUT2D eigenvalue weighted by atomic mass is 10.1. The van der Waals surface area contributed by atoms with Gasteiger partial charge in [-0.05, 0) is 17.7 Å². The van der Waals surface area contributed by atoms with E-state index in [0.29, 0.717) is 51.4 Å². The molecule has 37 heavy (non-hydrogen) atoms. The van der Waals surface area contributed by atoms with E-state index in [1.54, 1.807) is 7.11 Å². The van der Waals surface area contributed by atoms with Crippen LogP contribution in [-0.2, 0) is 17.9 Å². The number of carbonyl (C=O) groups excluding carboxylic acids is 2. The number of rotatable bonds is 8. The Morgan fingerprint density at radius 3 is 2.35 bits per heavy atom. The van der Waals surface area contributed by atoms with Gasteiger partial charge in [0.05, 0.1) is 25.8 Å². The summed E-state index contributed by atoms with van der Waals surface area (Å²) in [5, 5.41) is 3.93. The predicted octanol–water partition coefficient (Wildman–Crippen LogP) is 3.77. The molecule has 3 aromatic carbocycles. The molecule has 1 aliphatic rings. The number of piperazine rings is 1. The quantitative estimate of drug-likeness (QED) is 0.403. The second-order valence-corrected chi connectivity index (χ2v) is 9.33. The van der Waals surface area contributed by atoms with Crippen molar-refractivity contribution in [2.24, 2.45) is 0 Å². The number of methoxy groups -OCH3 is 1. The summed E-state index contributed by atoms with van der Waals surface area (Å²) >= 11 is 0. The molecule has 4 aromatic rings. The van der Waals surface area contributed by atoms with Gasteiger partial charge in [-0.15, -0.1) is 0 Å². The van der Waals surface area contributed by atoms with Gasteiger partial charge in [-0.2, -0.15) is 0 Å². The van der Waals surface area contributed by atoms with Gasteiger partial charge in [0, 0.05) is 55.4 Å². The van der Waals surface area contributed by atoms with E-state index in [0.717, 1.165) is 27.8 Å². The maximum absolute atomic E-state index is 13.6. The summed E-state index contributed by atoms with van der Waals surface area (Å²) in [7, 11) is 1.67. The van der Waals surface area contributed by atoms with Crippen LogP contribution in [0.5, 0.6) is 5.75 Å². The summed E-state index contributed by atoms with van der Waals surface area (Å²) < 4.78 is 7.65. The molecule has 2 amide bonds. The maximum atomic E-state index is 13.6. The average Bonchev–Trinajstić information content (AvgIpc) is 3.31. The summed E-state index contributed by atoms with van der Waals surface area (Å²) in [6.45, 7) is 4.01. The molecule has 0 radical (unpaired) electrons. The monoisotopic (exact) mass is 496 g/mol. The predicted molar refractivity (Wildman–Crippen MR) is 145 cm³/mol. The van der Waals surface area contributed by atoms with Gasteiger partial charge in [-0.25, -0.2) is 0 Å². The van der Waals surface area contributed by atoms with Gasteiger partial charge in [0.2, 0.25) is 5.91 Å². The number of benzene rings is 3. The zero-order valence-corrected chi connectivity index (χ0v) is 21.1. The fourth-order valence-corrected chi connectivity index (χ4v) is 4.90. The van der Waals surface area contributed by atoms with Crippen molar-refractivity contribution in [2.45, 2.75) is 13.1 Å². The summed E-state index contributed by atoms with van der Waals surface area (Å²) in [6.07, 6.45) is 1.96. The molecule has 1 aliphatic heterocycles. The van der Waals surface area contributed by atoms with Gasteiger partial charge in [0.25, 0.3) is 5.91 Å². The van der Waals surface area contributed by atoms with Crippen molar-refractivity contribution >= 4 is 22.7 Å². The molecule has 190 valence electrons. The van der Waals surface area contributed by atoms with Crippen LogP contribution in [-0.4, -0.2) is 66.0 Å². The molecule has 0 spiro atoms. The Balaban J connectivity index is 1.22. The van der Waals surface area contributed by atoms with Gasteiger partial charge < -0.3 is 19.5 Å². The highest BCUT2D eigenvalue weighted by molar-refractivity contribution is 6.07. The molecule has 2 heterocycles. The van der Waals surface area contributed by atoms with E-state index in [-0.39, 0.29) is 11.8 Å². The Kier molecular flexibility index (Phi) is 7.51. The Bertz CT molecular complexity index is 1370. The SMILES string of the molecule is COc1ccccc1Cn1cc(C(=O)N2CCN(CC(=O)NCc3ccccc3)CC2)c2ccccc21. The molecule has 1 aromatic heterocycles.